The van der Waals surface area contributed by atoms with Crippen molar-refractivity contribution in [2.24, 2.45) is 17.3 Å². The Bertz CT molecular complexity index is 1110. The van der Waals surface area contributed by atoms with Crippen LogP contribution in [0.25, 0.3) is 0 Å². The zero-order valence-corrected chi connectivity index (χ0v) is 18.7. The van der Waals surface area contributed by atoms with E-state index in [9.17, 15) is 14.7 Å². The maximum atomic E-state index is 13.4. The Balaban J connectivity index is 1.50. The van der Waals surface area contributed by atoms with Crippen LogP contribution in [0.4, 0.5) is 11.4 Å². The molecular weight excluding hydrogens is 414 g/mol. The number of carboxylic acid groups (broad SMARTS) is 1. The molecule has 6 rings (SSSR count). The number of hydrogen-bond donors (Lipinski definition) is 2. The summed E-state index contributed by atoms with van der Waals surface area (Å²) in [4.78, 5) is 25.0. The van der Waals surface area contributed by atoms with Crippen LogP contribution in [0, 0.1) is 31.1 Å². The summed E-state index contributed by atoms with van der Waals surface area (Å²) in [6.45, 7) is 4.05. The second-order valence-corrected chi connectivity index (χ2v) is 10.7. The number of nitrogens with zero attached hydrogens (tertiary/aromatic N) is 2. The van der Waals surface area contributed by atoms with Gasteiger partial charge in [0.2, 0.25) is 0 Å². The lowest BCUT2D eigenvalue weighted by atomic mass is 9.46. The van der Waals surface area contributed by atoms with Crippen molar-refractivity contribution in [2.75, 3.05) is 5.32 Å². The molecule has 7 heteroatoms. The first kappa shape index (κ1) is 20.6. The summed E-state index contributed by atoms with van der Waals surface area (Å²) in [5.41, 5.74) is 2.69. The second kappa shape index (κ2) is 7.09. The van der Waals surface area contributed by atoms with E-state index in [-0.39, 0.29) is 22.4 Å². The summed E-state index contributed by atoms with van der Waals surface area (Å²) < 4.78 is 1.59. The third-order valence-corrected chi connectivity index (χ3v) is 8.06. The van der Waals surface area contributed by atoms with Crippen molar-refractivity contribution in [2.45, 2.75) is 64.3 Å². The number of carbonyl (C=O) groups is 1. The van der Waals surface area contributed by atoms with Gasteiger partial charge in [0.15, 0.2) is 0 Å². The lowest BCUT2D eigenvalue weighted by Gasteiger charge is -2.61. The fraction of sp³-hybridized carbons (Fsp3) is 0.542. The molecule has 0 aliphatic heterocycles. The summed E-state index contributed by atoms with van der Waals surface area (Å²) >= 11 is 6.56. The molecule has 4 bridgehead atoms. The Morgan fingerprint density at radius 3 is 2.58 bits per heavy atom. The van der Waals surface area contributed by atoms with E-state index < -0.39 is 11.5 Å². The van der Waals surface area contributed by atoms with Gasteiger partial charge in [-0.15, -0.1) is 0 Å². The molecule has 2 N–H and O–H groups in total. The third kappa shape index (κ3) is 3.45. The average molecular weight is 442 g/mol. The quantitative estimate of drug-likeness (QED) is 0.679. The number of benzene rings is 1. The molecule has 4 aliphatic carbocycles. The number of anilines is 2. The van der Waals surface area contributed by atoms with E-state index in [0.29, 0.717) is 23.9 Å². The first-order chi connectivity index (χ1) is 14.7. The summed E-state index contributed by atoms with van der Waals surface area (Å²) in [5.74, 6) is 0.172. The molecule has 4 fully saturated rings. The molecule has 2 atom stereocenters. The molecule has 4 aliphatic rings. The van der Waals surface area contributed by atoms with Gasteiger partial charge in [0.05, 0.1) is 23.8 Å². The van der Waals surface area contributed by atoms with Gasteiger partial charge in [-0.2, -0.15) is 5.10 Å². The van der Waals surface area contributed by atoms with Gasteiger partial charge < -0.3 is 10.4 Å². The molecule has 31 heavy (non-hydrogen) atoms. The lowest BCUT2D eigenvalue weighted by molar-refractivity contribution is -0.151. The van der Waals surface area contributed by atoms with Crippen LogP contribution in [0.3, 0.4) is 0 Å². The first-order valence-electron chi connectivity index (χ1n) is 11.0. The molecule has 164 valence electrons. The number of rotatable bonds is 5. The van der Waals surface area contributed by atoms with Gasteiger partial charge in [0, 0.05) is 5.69 Å². The van der Waals surface area contributed by atoms with Crippen LogP contribution in [0.15, 0.2) is 29.2 Å². The van der Waals surface area contributed by atoms with Gasteiger partial charge in [-0.3, -0.25) is 9.59 Å². The van der Waals surface area contributed by atoms with E-state index in [0.717, 1.165) is 43.4 Å². The Morgan fingerprint density at radius 2 is 1.94 bits per heavy atom. The lowest BCUT2D eigenvalue weighted by Crippen LogP contribution is -2.59. The SMILES string of the molecule is Cc1ccc(Nc2cnn(C34C[C@H]5C[C@@H](CC(CC(=O)O)(C5)C3)C4)c(=O)c2Cl)c(C)c1. The van der Waals surface area contributed by atoms with E-state index in [1.165, 1.54) is 5.56 Å². The Morgan fingerprint density at radius 1 is 1.23 bits per heavy atom. The molecule has 0 spiro atoms. The summed E-state index contributed by atoms with van der Waals surface area (Å²) in [5, 5.41) is 17.5. The van der Waals surface area contributed by atoms with Gasteiger partial charge in [0.25, 0.3) is 5.56 Å². The third-order valence-electron chi connectivity index (χ3n) is 7.70. The first-order valence-corrected chi connectivity index (χ1v) is 11.4. The number of hydrogen-bond acceptors (Lipinski definition) is 4. The predicted octanol–water partition coefficient (Wildman–Crippen LogP) is 5.03. The van der Waals surface area contributed by atoms with E-state index in [4.69, 9.17) is 11.6 Å². The summed E-state index contributed by atoms with van der Waals surface area (Å²) in [7, 11) is 0. The number of carboxylic acids is 1. The molecule has 0 amide bonds. The number of aromatic nitrogens is 2. The Labute approximate surface area is 186 Å². The van der Waals surface area contributed by atoms with E-state index in [1.807, 2.05) is 26.0 Å². The largest absolute Gasteiger partial charge is 0.481 e. The van der Waals surface area contributed by atoms with Gasteiger partial charge in [0.1, 0.15) is 5.02 Å². The van der Waals surface area contributed by atoms with Crippen molar-refractivity contribution in [3.05, 3.63) is 50.9 Å². The fourth-order valence-corrected chi connectivity index (χ4v) is 7.31. The highest BCUT2D eigenvalue weighted by molar-refractivity contribution is 6.33. The smallest absolute Gasteiger partial charge is 0.303 e. The van der Waals surface area contributed by atoms with Crippen molar-refractivity contribution >= 4 is 28.9 Å². The maximum absolute atomic E-state index is 13.4. The summed E-state index contributed by atoms with van der Waals surface area (Å²) in [6, 6.07) is 6.05. The van der Waals surface area contributed by atoms with Crippen molar-refractivity contribution in [3.8, 4) is 0 Å². The standard InChI is InChI=1S/C24H28ClN3O3/c1-14-3-4-18(15(2)5-14)27-19-12-26-28(22(31)21(19)25)24-9-16-6-17(10-24)8-23(7-16,13-24)11-20(29)30/h3-5,12,16-17,27H,6-11,13H2,1-2H3,(H,29,30)/t16-,17-,23?,24?/m0/s1. The molecule has 1 heterocycles. The monoisotopic (exact) mass is 441 g/mol. The van der Waals surface area contributed by atoms with Gasteiger partial charge in [-0.1, -0.05) is 29.3 Å². The van der Waals surface area contributed by atoms with Crippen molar-refractivity contribution < 1.29 is 9.90 Å². The van der Waals surface area contributed by atoms with Gasteiger partial charge in [-0.05, 0) is 81.3 Å². The molecule has 1 aromatic carbocycles. The number of nitrogens with one attached hydrogen (secondary N) is 1. The number of aliphatic carboxylic acids is 1. The van der Waals surface area contributed by atoms with Crippen molar-refractivity contribution in [3.63, 3.8) is 0 Å². The van der Waals surface area contributed by atoms with Crippen LogP contribution < -0.4 is 10.9 Å². The van der Waals surface area contributed by atoms with Crippen molar-refractivity contribution in [1.29, 1.82) is 0 Å². The molecule has 0 radical (unpaired) electrons. The second-order valence-electron chi connectivity index (χ2n) is 10.3. The molecule has 0 saturated heterocycles. The highest BCUT2D eigenvalue weighted by Gasteiger charge is 2.59. The molecule has 0 unspecified atom stereocenters. The zero-order chi connectivity index (χ0) is 22.0. The normalized spacial score (nSPS) is 31.1. The highest BCUT2D eigenvalue weighted by atomic mass is 35.5. The van der Waals surface area contributed by atoms with E-state index in [2.05, 4.69) is 16.5 Å². The van der Waals surface area contributed by atoms with Crippen LogP contribution in [-0.4, -0.2) is 20.9 Å². The minimum atomic E-state index is -0.747. The van der Waals surface area contributed by atoms with Crippen LogP contribution in [-0.2, 0) is 10.3 Å². The Kier molecular flexibility index (Phi) is 4.70. The van der Waals surface area contributed by atoms with Crippen molar-refractivity contribution in [1.82, 2.24) is 9.78 Å². The van der Waals surface area contributed by atoms with Crippen LogP contribution in [0.5, 0.6) is 0 Å². The van der Waals surface area contributed by atoms with Gasteiger partial charge >= 0.3 is 5.97 Å². The average Bonchev–Trinajstić information content (AvgIpc) is 2.65. The molecular formula is C24H28ClN3O3. The van der Waals surface area contributed by atoms with E-state index >= 15 is 0 Å². The number of halogens is 1. The number of aryl methyl sites for hydroxylation is 2. The minimum Gasteiger partial charge on any atom is -0.481 e. The van der Waals surface area contributed by atoms with Gasteiger partial charge in [-0.25, -0.2) is 4.68 Å². The van der Waals surface area contributed by atoms with Crippen LogP contribution >= 0.6 is 11.6 Å². The molecule has 6 nitrogen and oxygen atoms in total. The Hall–Kier alpha value is -2.34. The van der Waals surface area contributed by atoms with Crippen LogP contribution in [0.2, 0.25) is 5.02 Å². The molecule has 4 saturated carbocycles. The van der Waals surface area contributed by atoms with Crippen LogP contribution in [0.1, 0.15) is 56.1 Å². The summed E-state index contributed by atoms with van der Waals surface area (Å²) in [6.07, 6.45) is 7.33. The molecule has 2 aromatic rings. The maximum Gasteiger partial charge on any atom is 0.303 e. The minimum absolute atomic E-state index is 0.137. The fourth-order valence-electron chi connectivity index (χ4n) is 7.13. The predicted molar refractivity (Wildman–Crippen MR) is 120 cm³/mol. The highest BCUT2D eigenvalue weighted by Crippen LogP contribution is 2.65. The topological polar surface area (TPSA) is 84.2 Å². The zero-order valence-electron chi connectivity index (χ0n) is 17.9. The molecule has 1 aromatic heterocycles. The van der Waals surface area contributed by atoms with E-state index in [1.54, 1.807) is 10.9 Å².